The molecule has 1 heteroatoms. The van der Waals surface area contributed by atoms with E-state index in [0.29, 0.717) is 0 Å². The summed E-state index contributed by atoms with van der Waals surface area (Å²) in [5.74, 6) is 0. The van der Waals surface area contributed by atoms with Crippen molar-refractivity contribution in [1.29, 1.82) is 0 Å². The van der Waals surface area contributed by atoms with Crippen LogP contribution in [0.1, 0.15) is 39.0 Å². The molecule has 2 N–H and O–H groups in total. The van der Waals surface area contributed by atoms with Crippen LogP contribution in [0, 0.1) is 0 Å². The van der Waals surface area contributed by atoms with Gasteiger partial charge in [0, 0.05) is 5.70 Å². The van der Waals surface area contributed by atoms with Gasteiger partial charge in [0.1, 0.15) is 0 Å². The summed E-state index contributed by atoms with van der Waals surface area (Å²) in [6, 6.07) is 0. The van der Waals surface area contributed by atoms with Crippen LogP contribution in [-0.4, -0.2) is 0 Å². The molecule has 11 heavy (non-hydrogen) atoms. The van der Waals surface area contributed by atoms with Gasteiger partial charge in [-0.05, 0) is 18.9 Å². The van der Waals surface area contributed by atoms with E-state index in [1.807, 2.05) is 6.08 Å². The Kier molecular flexibility index (Phi) is 6.90. The molecule has 0 aliphatic carbocycles. The Labute approximate surface area is 70.0 Å². The van der Waals surface area contributed by atoms with Crippen LogP contribution in [0.3, 0.4) is 0 Å². The van der Waals surface area contributed by atoms with Crippen molar-refractivity contribution in [2.45, 2.75) is 39.0 Å². The van der Waals surface area contributed by atoms with Gasteiger partial charge in [0.25, 0.3) is 0 Å². The van der Waals surface area contributed by atoms with Gasteiger partial charge in [0.15, 0.2) is 0 Å². The van der Waals surface area contributed by atoms with E-state index < -0.39 is 0 Å². The second-order valence-electron chi connectivity index (χ2n) is 2.79. The largest absolute Gasteiger partial charge is 0.402 e. The molecular weight excluding hydrogens is 134 g/mol. The number of rotatable bonds is 6. The molecule has 0 atom stereocenters. The van der Waals surface area contributed by atoms with E-state index >= 15 is 0 Å². The van der Waals surface area contributed by atoms with Crippen molar-refractivity contribution >= 4 is 0 Å². The molecule has 0 radical (unpaired) electrons. The van der Waals surface area contributed by atoms with Crippen LogP contribution >= 0.6 is 0 Å². The lowest BCUT2D eigenvalue weighted by atomic mass is 10.1. The molecule has 0 aromatic carbocycles. The van der Waals surface area contributed by atoms with Crippen molar-refractivity contribution in [3.8, 4) is 0 Å². The molecule has 1 nitrogen and oxygen atoms in total. The number of nitrogens with two attached hydrogens (primary N) is 1. The minimum absolute atomic E-state index is 0.955. The average molecular weight is 153 g/mol. The zero-order valence-electron chi connectivity index (χ0n) is 7.47. The molecule has 64 valence electrons. The van der Waals surface area contributed by atoms with E-state index in [1.54, 1.807) is 6.08 Å². The van der Waals surface area contributed by atoms with E-state index in [0.717, 1.165) is 12.1 Å². The summed E-state index contributed by atoms with van der Waals surface area (Å²) in [5.41, 5.74) is 6.61. The molecule has 0 rings (SSSR count). The molecule has 0 saturated carbocycles. The van der Waals surface area contributed by atoms with Crippen LogP contribution in [0.15, 0.2) is 24.4 Å². The van der Waals surface area contributed by atoms with Gasteiger partial charge in [-0.3, -0.25) is 0 Å². The summed E-state index contributed by atoms with van der Waals surface area (Å²) in [7, 11) is 0. The van der Waals surface area contributed by atoms with Gasteiger partial charge in [0.05, 0.1) is 0 Å². The lowest BCUT2D eigenvalue weighted by molar-refractivity contribution is 0.662. The molecule has 0 bridgehead atoms. The van der Waals surface area contributed by atoms with E-state index in [-0.39, 0.29) is 0 Å². The monoisotopic (exact) mass is 153 g/mol. The van der Waals surface area contributed by atoms with Crippen LogP contribution in [0.5, 0.6) is 0 Å². The van der Waals surface area contributed by atoms with Crippen molar-refractivity contribution in [2.75, 3.05) is 0 Å². The first kappa shape index (κ1) is 10.3. The van der Waals surface area contributed by atoms with Crippen LogP contribution in [0.4, 0.5) is 0 Å². The number of unbranched alkanes of at least 4 members (excludes halogenated alkanes) is 3. The van der Waals surface area contributed by atoms with Crippen LogP contribution < -0.4 is 5.73 Å². The molecule has 0 spiro atoms. The van der Waals surface area contributed by atoms with Gasteiger partial charge in [0.2, 0.25) is 0 Å². The zero-order chi connectivity index (χ0) is 8.53. The third-order valence-corrected chi connectivity index (χ3v) is 1.65. The summed E-state index contributed by atoms with van der Waals surface area (Å²) < 4.78 is 0. The summed E-state index contributed by atoms with van der Waals surface area (Å²) in [6.45, 7) is 5.80. The van der Waals surface area contributed by atoms with E-state index in [1.165, 1.54) is 25.7 Å². The smallest absolute Gasteiger partial charge is 0.00802 e. The molecule has 0 aromatic rings. The summed E-state index contributed by atoms with van der Waals surface area (Å²) in [6.07, 6.45) is 9.76. The highest BCUT2D eigenvalue weighted by atomic mass is 14.6. The Morgan fingerprint density at radius 1 is 1.36 bits per heavy atom. The van der Waals surface area contributed by atoms with Crippen LogP contribution in [-0.2, 0) is 0 Å². The second-order valence-corrected chi connectivity index (χ2v) is 2.79. The summed E-state index contributed by atoms with van der Waals surface area (Å²) in [5, 5.41) is 0. The van der Waals surface area contributed by atoms with Gasteiger partial charge in [-0.25, -0.2) is 0 Å². The maximum Gasteiger partial charge on any atom is 0.00802 e. The highest BCUT2D eigenvalue weighted by Gasteiger charge is 1.89. The van der Waals surface area contributed by atoms with Gasteiger partial charge < -0.3 is 5.73 Å². The fraction of sp³-hybridized carbons (Fsp3) is 0.600. The van der Waals surface area contributed by atoms with E-state index in [2.05, 4.69) is 13.5 Å². The first-order valence-electron chi connectivity index (χ1n) is 4.38. The summed E-state index contributed by atoms with van der Waals surface area (Å²) in [4.78, 5) is 0. The average Bonchev–Trinajstić information content (AvgIpc) is 1.99. The first-order chi connectivity index (χ1) is 5.31. The molecule has 0 saturated heterocycles. The lowest BCUT2D eigenvalue weighted by Crippen LogP contribution is -1.95. The standard InChI is InChI=1S/C10H19N/c1-3-5-6-7-9-10(11)8-4-2/h4,8H,2-3,5-7,9,11H2,1H3. The molecule has 0 aliphatic heterocycles. The molecular formula is C10H19N. The molecule has 0 heterocycles. The maximum atomic E-state index is 5.66. The minimum Gasteiger partial charge on any atom is -0.402 e. The van der Waals surface area contributed by atoms with Gasteiger partial charge >= 0.3 is 0 Å². The van der Waals surface area contributed by atoms with Crippen molar-refractivity contribution < 1.29 is 0 Å². The normalized spacial score (nSPS) is 11.5. The van der Waals surface area contributed by atoms with Crippen molar-refractivity contribution in [3.05, 3.63) is 24.4 Å². The Hall–Kier alpha value is -0.720. The minimum atomic E-state index is 0.955. The van der Waals surface area contributed by atoms with Crippen LogP contribution in [0.2, 0.25) is 0 Å². The first-order valence-corrected chi connectivity index (χ1v) is 4.38. The topological polar surface area (TPSA) is 26.0 Å². The van der Waals surface area contributed by atoms with E-state index in [4.69, 9.17) is 5.73 Å². The molecule has 0 aromatic heterocycles. The molecule has 0 aliphatic rings. The highest BCUT2D eigenvalue weighted by Crippen LogP contribution is 2.05. The number of allylic oxidation sites excluding steroid dienone is 3. The maximum absolute atomic E-state index is 5.66. The van der Waals surface area contributed by atoms with Gasteiger partial charge in [-0.15, -0.1) is 0 Å². The fourth-order valence-corrected chi connectivity index (χ4v) is 0.991. The Morgan fingerprint density at radius 2 is 2.09 bits per heavy atom. The van der Waals surface area contributed by atoms with Crippen molar-refractivity contribution in [3.63, 3.8) is 0 Å². The predicted molar refractivity (Wildman–Crippen MR) is 51.2 cm³/mol. The third kappa shape index (κ3) is 7.17. The lowest BCUT2D eigenvalue weighted by Gasteiger charge is -1.98. The second kappa shape index (κ2) is 7.39. The van der Waals surface area contributed by atoms with Gasteiger partial charge in [-0.2, -0.15) is 0 Å². The Bertz CT molecular complexity index is 125. The van der Waals surface area contributed by atoms with Gasteiger partial charge in [-0.1, -0.05) is 38.8 Å². The fourth-order valence-electron chi connectivity index (χ4n) is 0.991. The zero-order valence-corrected chi connectivity index (χ0v) is 7.47. The molecule has 0 unspecified atom stereocenters. The third-order valence-electron chi connectivity index (χ3n) is 1.65. The highest BCUT2D eigenvalue weighted by molar-refractivity contribution is 5.06. The number of hydrogen-bond acceptors (Lipinski definition) is 1. The van der Waals surface area contributed by atoms with E-state index in [9.17, 15) is 0 Å². The molecule has 0 amide bonds. The van der Waals surface area contributed by atoms with Crippen molar-refractivity contribution in [2.24, 2.45) is 5.73 Å². The summed E-state index contributed by atoms with van der Waals surface area (Å²) >= 11 is 0. The van der Waals surface area contributed by atoms with Crippen molar-refractivity contribution in [1.82, 2.24) is 0 Å². The Morgan fingerprint density at radius 3 is 2.64 bits per heavy atom. The number of hydrogen-bond donors (Lipinski definition) is 1. The Balaban J connectivity index is 3.23. The van der Waals surface area contributed by atoms with Crippen LogP contribution in [0.25, 0.3) is 0 Å². The quantitative estimate of drug-likeness (QED) is 0.460. The SMILES string of the molecule is C=CC=C(N)CCCCCC. The predicted octanol–water partition coefficient (Wildman–Crippen LogP) is 2.99. The molecule has 0 fully saturated rings.